The van der Waals surface area contributed by atoms with Crippen molar-refractivity contribution in [3.05, 3.63) is 75.6 Å². The molecule has 0 saturated heterocycles. The zero-order valence-corrected chi connectivity index (χ0v) is 18.1. The Bertz CT molecular complexity index is 1260. The maximum atomic E-state index is 12.7. The number of rotatable bonds is 4. The molecule has 1 N–H and O–H groups in total. The Morgan fingerprint density at radius 3 is 2.47 bits per heavy atom. The Hall–Kier alpha value is -3.25. The molecule has 0 spiro atoms. The molecule has 0 aliphatic rings. The zero-order chi connectivity index (χ0) is 21.4. The molecule has 0 aliphatic heterocycles. The van der Waals surface area contributed by atoms with Crippen LogP contribution in [0.15, 0.2) is 42.5 Å². The third kappa shape index (κ3) is 3.91. The zero-order valence-electron chi connectivity index (χ0n) is 17.3. The average Bonchev–Trinajstić information content (AvgIpc) is 3.12. The highest BCUT2D eigenvalue weighted by molar-refractivity contribution is 6.30. The number of anilines is 1. The Balaban J connectivity index is 1.64. The standard InChI is InChI=1S/C23H22ClN5O/c1-13-5-10-20(14(2)11-13)26-21(30)12-19-15(3)25-23-27-22(28-29(23)16(19)4)17-6-8-18(24)9-7-17/h5-11H,12H2,1-4H3,(H,26,30). The minimum Gasteiger partial charge on any atom is -0.326 e. The topological polar surface area (TPSA) is 72.2 Å². The molecule has 0 atom stereocenters. The number of aryl methyl sites for hydroxylation is 4. The summed E-state index contributed by atoms with van der Waals surface area (Å²) in [5.41, 5.74) is 6.34. The lowest BCUT2D eigenvalue weighted by Gasteiger charge is -2.12. The normalized spacial score (nSPS) is 11.1. The molecule has 0 saturated carbocycles. The summed E-state index contributed by atoms with van der Waals surface area (Å²) < 4.78 is 1.69. The number of benzene rings is 2. The predicted octanol–water partition coefficient (Wildman–Crippen LogP) is 4.86. The van der Waals surface area contributed by atoms with Crippen molar-refractivity contribution in [3.8, 4) is 11.4 Å². The molecule has 0 aliphatic carbocycles. The number of hydrogen-bond acceptors (Lipinski definition) is 4. The summed E-state index contributed by atoms with van der Waals surface area (Å²) in [4.78, 5) is 21.8. The van der Waals surface area contributed by atoms with Crippen LogP contribution < -0.4 is 5.32 Å². The lowest BCUT2D eigenvalue weighted by atomic mass is 10.1. The van der Waals surface area contributed by atoms with Crippen LogP contribution in [0.4, 0.5) is 5.69 Å². The molecule has 0 unspecified atom stereocenters. The van der Waals surface area contributed by atoms with Gasteiger partial charge in [-0.1, -0.05) is 29.3 Å². The van der Waals surface area contributed by atoms with E-state index >= 15 is 0 Å². The molecule has 2 heterocycles. The van der Waals surface area contributed by atoms with E-state index in [1.54, 1.807) is 16.6 Å². The van der Waals surface area contributed by atoms with Gasteiger partial charge in [0.1, 0.15) is 0 Å². The molecule has 4 aromatic rings. The summed E-state index contributed by atoms with van der Waals surface area (Å²) in [7, 11) is 0. The number of hydrogen-bond donors (Lipinski definition) is 1. The van der Waals surface area contributed by atoms with Crippen molar-refractivity contribution in [2.45, 2.75) is 34.1 Å². The van der Waals surface area contributed by atoms with E-state index in [0.717, 1.165) is 39.3 Å². The molecule has 0 fully saturated rings. The summed E-state index contributed by atoms with van der Waals surface area (Å²) in [5.74, 6) is 0.986. The van der Waals surface area contributed by atoms with Crippen molar-refractivity contribution < 1.29 is 4.79 Å². The number of aromatic nitrogens is 4. The molecule has 4 rings (SSSR count). The van der Waals surface area contributed by atoms with Crippen molar-refractivity contribution in [3.63, 3.8) is 0 Å². The van der Waals surface area contributed by atoms with Gasteiger partial charge in [-0.2, -0.15) is 4.98 Å². The molecule has 2 aromatic carbocycles. The van der Waals surface area contributed by atoms with Gasteiger partial charge in [0.25, 0.3) is 5.78 Å². The van der Waals surface area contributed by atoms with Gasteiger partial charge in [0, 0.05) is 33.2 Å². The van der Waals surface area contributed by atoms with Gasteiger partial charge < -0.3 is 5.32 Å². The first-order valence-corrected chi connectivity index (χ1v) is 10.1. The fourth-order valence-corrected chi connectivity index (χ4v) is 3.62. The van der Waals surface area contributed by atoms with Gasteiger partial charge in [0.05, 0.1) is 6.42 Å². The third-order valence-electron chi connectivity index (χ3n) is 5.14. The molecule has 30 heavy (non-hydrogen) atoms. The van der Waals surface area contributed by atoms with E-state index in [1.165, 1.54) is 0 Å². The molecular weight excluding hydrogens is 398 g/mol. The molecular formula is C23H22ClN5O. The van der Waals surface area contributed by atoms with Crippen LogP contribution in [0.3, 0.4) is 0 Å². The van der Waals surface area contributed by atoms with Crippen molar-refractivity contribution in [1.82, 2.24) is 19.6 Å². The van der Waals surface area contributed by atoms with E-state index < -0.39 is 0 Å². The second-order valence-electron chi connectivity index (χ2n) is 7.46. The van der Waals surface area contributed by atoms with Gasteiger partial charge >= 0.3 is 0 Å². The smallest absolute Gasteiger partial charge is 0.253 e. The minimum atomic E-state index is -0.0904. The SMILES string of the molecule is Cc1ccc(NC(=O)Cc2c(C)nc3nc(-c4ccc(Cl)cc4)nn3c2C)c(C)c1. The van der Waals surface area contributed by atoms with Crippen molar-refractivity contribution in [2.24, 2.45) is 0 Å². The fraction of sp³-hybridized carbons (Fsp3) is 0.217. The van der Waals surface area contributed by atoms with Crippen molar-refractivity contribution in [1.29, 1.82) is 0 Å². The number of carbonyl (C=O) groups excluding carboxylic acids is 1. The Morgan fingerprint density at radius 2 is 1.77 bits per heavy atom. The van der Waals surface area contributed by atoms with Gasteiger partial charge in [-0.25, -0.2) is 9.50 Å². The van der Waals surface area contributed by atoms with Gasteiger partial charge in [-0.15, -0.1) is 5.10 Å². The molecule has 2 aromatic heterocycles. The molecule has 7 heteroatoms. The predicted molar refractivity (Wildman–Crippen MR) is 119 cm³/mol. The van der Waals surface area contributed by atoms with Gasteiger partial charge in [0.15, 0.2) is 5.82 Å². The monoisotopic (exact) mass is 419 g/mol. The van der Waals surface area contributed by atoms with E-state index in [0.29, 0.717) is 16.6 Å². The van der Waals surface area contributed by atoms with Crippen LogP contribution in [-0.2, 0) is 11.2 Å². The van der Waals surface area contributed by atoms with Crippen LogP contribution in [0.5, 0.6) is 0 Å². The maximum Gasteiger partial charge on any atom is 0.253 e. The highest BCUT2D eigenvalue weighted by atomic mass is 35.5. The van der Waals surface area contributed by atoms with Crippen molar-refractivity contribution in [2.75, 3.05) is 5.32 Å². The quantitative estimate of drug-likeness (QED) is 0.512. The number of nitrogens with zero attached hydrogens (tertiary/aromatic N) is 4. The summed E-state index contributed by atoms with van der Waals surface area (Å²) in [6.45, 7) is 7.84. The van der Waals surface area contributed by atoms with Crippen LogP contribution in [0.25, 0.3) is 17.2 Å². The van der Waals surface area contributed by atoms with E-state index in [1.807, 2.05) is 58.0 Å². The molecule has 152 valence electrons. The summed E-state index contributed by atoms with van der Waals surface area (Å²) in [6.07, 6.45) is 0.212. The van der Waals surface area contributed by atoms with E-state index in [9.17, 15) is 4.79 Å². The first-order chi connectivity index (χ1) is 14.3. The highest BCUT2D eigenvalue weighted by Gasteiger charge is 2.17. The van der Waals surface area contributed by atoms with Gasteiger partial charge in [-0.3, -0.25) is 4.79 Å². The summed E-state index contributed by atoms with van der Waals surface area (Å²) >= 11 is 5.97. The number of fused-ring (bicyclic) bond motifs is 1. The van der Waals surface area contributed by atoms with E-state index in [4.69, 9.17) is 11.6 Å². The fourth-order valence-electron chi connectivity index (χ4n) is 3.49. The number of nitrogens with one attached hydrogen (secondary N) is 1. The molecule has 0 bridgehead atoms. The van der Waals surface area contributed by atoms with Crippen LogP contribution in [-0.4, -0.2) is 25.5 Å². The van der Waals surface area contributed by atoms with E-state index in [2.05, 4.69) is 20.4 Å². The summed E-state index contributed by atoms with van der Waals surface area (Å²) in [5, 5.41) is 8.25. The van der Waals surface area contributed by atoms with Crippen LogP contribution in [0.2, 0.25) is 5.02 Å². The lowest BCUT2D eigenvalue weighted by molar-refractivity contribution is -0.115. The Morgan fingerprint density at radius 1 is 1.03 bits per heavy atom. The summed E-state index contributed by atoms with van der Waals surface area (Å²) in [6, 6.07) is 13.3. The van der Waals surface area contributed by atoms with Crippen molar-refractivity contribution >= 4 is 29.0 Å². The van der Waals surface area contributed by atoms with Gasteiger partial charge in [0.2, 0.25) is 5.91 Å². The molecule has 6 nitrogen and oxygen atoms in total. The second kappa shape index (κ2) is 7.88. The van der Waals surface area contributed by atoms with Crippen LogP contribution >= 0.6 is 11.6 Å². The molecule has 0 radical (unpaired) electrons. The Labute approximate surface area is 179 Å². The number of halogens is 1. The van der Waals surface area contributed by atoms with Crippen LogP contribution in [0.1, 0.15) is 28.1 Å². The number of amides is 1. The maximum absolute atomic E-state index is 12.7. The number of carbonyl (C=O) groups is 1. The molecule has 1 amide bonds. The third-order valence-corrected chi connectivity index (χ3v) is 5.40. The average molecular weight is 420 g/mol. The Kier molecular flexibility index (Phi) is 5.26. The largest absolute Gasteiger partial charge is 0.326 e. The van der Waals surface area contributed by atoms with Crippen LogP contribution in [0, 0.1) is 27.7 Å². The van der Waals surface area contributed by atoms with E-state index in [-0.39, 0.29) is 12.3 Å². The first-order valence-electron chi connectivity index (χ1n) is 9.67. The highest BCUT2D eigenvalue weighted by Crippen LogP contribution is 2.22. The second-order valence-corrected chi connectivity index (χ2v) is 7.90. The first kappa shape index (κ1) is 20.0. The lowest BCUT2D eigenvalue weighted by Crippen LogP contribution is -2.18. The van der Waals surface area contributed by atoms with Gasteiger partial charge in [-0.05, 0) is 63.6 Å². The minimum absolute atomic E-state index is 0.0904.